The van der Waals surface area contributed by atoms with Gasteiger partial charge in [-0.15, -0.1) is 23.2 Å². The molecule has 2 heteroatoms. The molecule has 0 aliphatic heterocycles. The highest BCUT2D eigenvalue weighted by atomic mass is 35.5. The van der Waals surface area contributed by atoms with Crippen LogP contribution in [0.25, 0.3) is 0 Å². The average molecular weight is 165 g/mol. The molecule has 1 aliphatic rings. The molecule has 0 spiro atoms. The third kappa shape index (κ3) is 1.87. The van der Waals surface area contributed by atoms with Gasteiger partial charge in [0.05, 0.1) is 5.38 Å². The van der Waals surface area contributed by atoms with Gasteiger partial charge in [-0.1, -0.05) is 12.2 Å². The topological polar surface area (TPSA) is 0 Å². The third-order valence-corrected chi connectivity index (χ3v) is 2.56. The van der Waals surface area contributed by atoms with Crippen molar-refractivity contribution >= 4 is 23.2 Å². The van der Waals surface area contributed by atoms with E-state index in [-0.39, 0.29) is 10.8 Å². The molecule has 0 aromatic carbocycles. The van der Waals surface area contributed by atoms with E-state index in [2.05, 4.69) is 6.58 Å². The van der Waals surface area contributed by atoms with Gasteiger partial charge in [0.2, 0.25) is 0 Å². The minimum absolute atomic E-state index is 0.181. The smallest absolute Gasteiger partial charge is 0.0543 e. The SMILES string of the molecule is C=C1CC(Cl)CCC1Cl. The van der Waals surface area contributed by atoms with E-state index < -0.39 is 0 Å². The van der Waals surface area contributed by atoms with Gasteiger partial charge in [0.1, 0.15) is 0 Å². The Morgan fingerprint density at radius 1 is 1.33 bits per heavy atom. The van der Waals surface area contributed by atoms with Gasteiger partial charge in [-0.3, -0.25) is 0 Å². The molecule has 1 aliphatic carbocycles. The first-order valence-electron chi connectivity index (χ1n) is 3.16. The molecule has 0 bridgehead atoms. The molecule has 2 atom stereocenters. The highest BCUT2D eigenvalue weighted by Crippen LogP contribution is 2.29. The van der Waals surface area contributed by atoms with E-state index in [9.17, 15) is 0 Å². The summed E-state index contributed by atoms with van der Waals surface area (Å²) in [5, 5.41) is 0.465. The molecule has 52 valence electrons. The molecule has 0 aromatic rings. The van der Waals surface area contributed by atoms with E-state index in [1.54, 1.807) is 0 Å². The molecule has 0 radical (unpaired) electrons. The standard InChI is InChI=1S/C7H10Cl2/c1-5-4-6(8)2-3-7(5)9/h6-7H,1-4H2. The van der Waals surface area contributed by atoms with Crippen LogP contribution in [0, 0.1) is 0 Å². The number of alkyl halides is 2. The van der Waals surface area contributed by atoms with Crippen LogP contribution in [0.1, 0.15) is 19.3 Å². The van der Waals surface area contributed by atoms with Gasteiger partial charge in [-0.05, 0) is 19.3 Å². The highest BCUT2D eigenvalue weighted by molar-refractivity contribution is 6.24. The second-order valence-electron chi connectivity index (χ2n) is 2.50. The summed E-state index contributed by atoms with van der Waals surface area (Å²) >= 11 is 11.7. The van der Waals surface area contributed by atoms with Crippen molar-refractivity contribution < 1.29 is 0 Å². The zero-order valence-electron chi connectivity index (χ0n) is 5.24. The van der Waals surface area contributed by atoms with Crippen molar-refractivity contribution in [3.63, 3.8) is 0 Å². The first-order valence-corrected chi connectivity index (χ1v) is 4.03. The van der Waals surface area contributed by atoms with Crippen LogP contribution in [0.15, 0.2) is 12.2 Å². The van der Waals surface area contributed by atoms with Crippen LogP contribution in [0.4, 0.5) is 0 Å². The zero-order chi connectivity index (χ0) is 6.85. The lowest BCUT2D eigenvalue weighted by Crippen LogP contribution is -2.16. The summed E-state index contributed by atoms with van der Waals surface area (Å²) in [6.45, 7) is 3.83. The van der Waals surface area contributed by atoms with Crippen LogP contribution in [-0.4, -0.2) is 10.8 Å². The van der Waals surface area contributed by atoms with Crippen LogP contribution in [0.2, 0.25) is 0 Å². The Morgan fingerprint density at radius 3 is 2.44 bits per heavy atom. The van der Waals surface area contributed by atoms with Crippen LogP contribution < -0.4 is 0 Å². The number of hydrogen-bond donors (Lipinski definition) is 0. The van der Waals surface area contributed by atoms with Crippen molar-refractivity contribution in [1.82, 2.24) is 0 Å². The fourth-order valence-electron chi connectivity index (χ4n) is 1.05. The second-order valence-corrected chi connectivity index (χ2v) is 3.65. The van der Waals surface area contributed by atoms with E-state index in [0.717, 1.165) is 24.8 Å². The third-order valence-electron chi connectivity index (χ3n) is 1.66. The van der Waals surface area contributed by atoms with Crippen molar-refractivity contribution in [2.24, 2.45) is 0 Å². The van der Waals surface area contributed by atoms with Crippen molar-refractivity contribution in [1.29, 1.82) is 0 Å². The summed E-state index contributed by atoms with van der Waals surface area (Å²) in [5.74, 6) is 0. The molecule has 0 aromatic heterocycles. The molecule has 0 nitrogen and oxygen atoms in total. The highest BCUT2D eigenvalue weighted by Gasteiger charge is 2.20. The predicted octanol–water partition coefficient (Wildman–Crippen LogP) is 2.94. The van der Waals surface area contributed by atoms with Crippen LogP contribution in [0.3, 0.4) is 0 Å². The Bertz CT molecular complexity index is 120. The van der Waals surface area contributed by atoms with Gasteiger partial charge in [0, 0.05) is 5.38 Å². The summed E-state index contributed by atoms with van der Waals surface area (Å²) in [6.07, 6.45) is 2.93. The molecule has 0 amide bonds. The largest absolute Gasteiger partial charge is 0.123 e. The molecule has 1 fully saturated rings. The van der Waals surface area contributed by atoms with Gasteiger partial charge in [0.25, 0.3) is 0 Å². The van der Waals surface area contributed by atoms with Gasteiger partial charge in [0.15, 0.2) is 0 Å². The maximum Gasteiger partial charge on any atom is 0.0543 e. The molecular weight excluding hydrogens is 155 g/mol. The lowest BCUT2D eigenvalue weighted by molar-refractivity contribution is 0.614. The average Bonchev–Trinajstić information content (AvgIpc) is 1.80. The maximum absolute atomic E-state index is 5.87. The zero-order valence-corrected chi connectivity index (χ0v) is 6.75. The number of rotatable bonds is 0. The lowest BCUT2D eigenvalue weighted by Gasteiger charge is -2.22. The molecule has 0 saturated heterocycles. The summed E-state index contributed by atoms with van der Waals surface area (Å²) in [6, 6.07) is 0. The van der Waals surface area contributed by atoms with Crippen molar-refractivity contribution in [3.05, 3.63) is 12.2 Å². The quantitative estimate of drug-likeness (QED) is 0.382. The Morgan fingerprint density at radius 2 is 2.00 bits per heavy atom. The van der Waals surface area contributed by atoms with Gasteiger partial charge in [-0.2, -0.15) is 0 Å². The Hall–Kier alpha value is 0.320. The second kappa shape index (κ2) is 2.94. The molecule has 1 saturated carbocycles. The van der Waals surface area contributed by atoms with Gasteiger partial charge < -0.3 is 0 Å². The monoisotopic (exact) mass is 164 g/mol. The molecule has 0 heterocycles. The van der Waals surface area contributed by atoms with Crippen molar-refractivity contribution in [3.8, 4) is 0 Å². The van der Waals surface area contributed by atoms with Gasteiger partial charge >= 0.3 is 0 Å². The first-order chi connectivity index (χ1) is 4.20. The Balaban J connectivity index is 2.44. The van der Waals surface area contributed by atoms with E-state index >= 15 is 0 Å². The summed E-state index contributed by atoms with van der Waals surface area (Å²) < 4.78 is 0. The normalized spacial score (nSPS) is 36.9. The van der Waals surface area contributed by atoms with E-state index in [1.165, 1.54) is 0 Å². The summed E-state index contributed by atoms with van der Waals surface area (Å²) in [5.41, 5.74) is 1.10. The van der Waals surface area contributed by atoms with E-state index in [0.29, 0.717) is 0 Å². The fraction of sp³-hybridized carbons (Fsp3) is 0.714. The molecule has 1 rings (SSSR count). The van der Waals surface area contributed by atoms with Crippen molar-refractivity contribution in [2.75, 3.05) is 0 Å². The van der Waals surface area contributed by atoms with E-state index in [4.69, 9.17) is 23.2 Å². The summed E-state index contributed by atoms with van der Waals surface area (Å²) in [7, 11) is 0. The Kier molecular flexibility index (Phi) is 2.42. The van der Waals surface area contributed by atoms with Crippen molar-refractivity contribution in [2.45, 2.75) is 30.0 Å². The predicted molar refractivity (Wildman–Crippen MR) is 42.3 cm³/mol. The fourth-order valence-corrected chi connectivity index (χ4v) is 1.58. The molecule has 9 heavy (non-hydrogen) atoms. The summed E-state index contributed by atoms with van der Waals surface area (Å²) in [4.78, 5) is 0. The molecular formula is C7H10Cl2. The van der Waals surface area contributed by atoms with Crippen LogP contribution in [-0.2, 0) is 0 Å². The minimum atomic E-state index is 0.181. The molecule has 0 N–H and O–H groups in total. The molecule has 2 unspecified atom stereocenters. The Labute approximate surface area is 65.8 Å². The first kappa shape index (κ1) is 7.43. The van der Waals surface area contributed by atoms with Crippen LogP contribution >= 0.6 is 23.2 Å². The van der Waals surface area contributed by atoms with Crippen LogP contribution in [0.5, 0.6) is 0 Å². The number of hydrogen-bond acceptors (Lipinski definition) is 0. The minimum Gasteiger partial charge on any atom is -0.123 e. The maximum atomic E-state index is 5.87. The number of allylic oxidation sites excluding steroid dienone is 1. The lowest BCUT2D eigenvalue weighted by atomic mass is 9.95. The van der Waals surface area contributed by atoms with E-state index in [1.807, 2.05) is 0 Å². The van der Waals surface area contributed by atoms with Gasteiger partial charge in [-0.25, -0.2) is 0 Å². The number of halogens is 2.